The molecule has 17 heavy (non-hydrogen) atoms. The van der Waals surface area contributed by atoms with Gasteiger partial charge in [0.2, 0.25) is 0 Å². The first-order chi connectivity index (χ1) is 7.83. The highest BCUT2D eigenvalue weighted by molar-refractivity contribution is 7.89. The van der Waals surface area contributed by atoms with Gasteiger partial charge < -0.3 is 5.11 Å². The molecule has 92 valence electrons. The molecule has 0 radical (unpaired) electrons. The number of hydrazine groups is 1. The van der Waals surface area contributed by atoms with Crippen LogP contribution in [0, 0.1) is 6.92 Å². The third-order valence-electron chi connectivity index (χ3n) is 1.79. The average Bonchev–Trinajstić information content (AvgIpc) is 2.26. The summed E-state index contributed by atoms with van der Waals surface area (Å²) in [6.07, 6.45) is 0. The minimum atomic E-state index is -3.96. The number of nitrogens with one attached hydrogen (secondary N) is 2. The second-order valence-electron chi connectivity index (χ2n) is 3.18. The molecule has 0 atom stereocenters. The van der Waals surface area contributed by atoms with Crippen LogP contribution in [0.1, 0.15) is 5.56 Å². The summed E-state index contributed by atoms with van der Waals surface area (Å²) in [5.41, 5.74) is 2.28. The number of carbonyl (C=O) groups is 2. The lowest BCUT2D eigenvalue weighted by molar-refractivity contribution is -0.150. The quantitative estimate of drug-likeness (QED) is 0.494. The molecule has 8 heteroatoms. The molecule has 3 N–H and O–H groups in total. The van der Waals surface area contributed by atoms with Crippen LogP contribution in [0.3, 0.4) is 0 Å². The minimum Gasteiger partial charge on any atom is -0.474 e. The summed E-state index contributed by atoms with van der Waals surface area (Å²) >= 11 is 0. The van der Waals surface area contributed by atoms with Crippen LogP contribution in [0.5, 0.6) is 0 Å². The first-order valence-electron chi connectivity index (χ1n) is 4.44. The Bertz CT molecular complexity index is 552. The van der Waals surface area contributed by atoms with E-state index in [1.807, 2.05) is 0 Å². The highest BCUT2D eigenvalue weighted by Crippen LogP contribution is 2.09. The lowest BCUT2D eigenvalue weighted by atomic mass is 10.2. The van der Waals surface area contributed by atoms with Gasteiger partial charge in [-0.2, -0.15) is 0 Å². The summed E-state index contributed by atoms with van der Waals surface area (Å²) in [5, 5.41) is 8.25. The van der Waals surface area contributed by atoms with Gasteiger partial charge in [-0.15, -0.1) is 4.83 Å². The predicted molar refractivity (Wildman–Crippen MR) is 57.3 cm³/mol. The van der Waals surface area contributed by atoms with E-state index in [9.17, 15) is 18.0 Å². The van der Waals surface area contributed by atoms with Crippen LogP contribution < -0.4 is 10.3 Å². The van der Waals surface area contributed by atoms with E-state index in [1.54, 1.807) is 23.2 Å². The van der Waals surface area contributed by atoms with Crippen molar-refractivity contribution in [1.29, 1.82) is 0 Å². The highest BCUT2D eigenvalue weighted by atomic mass is 32.2. The molecule has 7 nitrogen and oxygen atoms in total. The number of hydrogen-bond donors (Lipinski definition) is 3. The number of amides is 1. The molecule has 0 spiro atoms. The fraction of sp³-hybridized carbons (Fsp3) is 0.111. The zero-order chi connectivity index (χ0) is 13.1. The maximum absolute atomic E-state index is 11.6. The monoisotopic (exact) mass is 258 g/mol. The number of hydrogen-bond acceptors (Lipinski definition) is 4. The molecular weight excluding hydrogens is 248 g/mol. The van der Waals surface area contributed by atoms with Gasteiger partial charge in [0, 0.05) is 0 Å². The SMILES string of the molecule is Cc1cccc(S(=O)(=O)NNC(=O)C(=O)O)c1. The van der Waals surface area contributed by atoms with Gasteiger partial charge in [-0.25, -0.2) is 13.2 Å². The fourth-order valence-electron chi connectivity index (χ4n) is 1.01. The van der Waals surface area contributed by atoms with Crippen LogP contribution in [-0.2, 0) is 19.6 Å². The van der Waals surface area contributed by atoms with Gasteiger partial charge in [-0.05, 0) is 24.6 Å². The van der Waals surface area contributed by atoms with Crippen LogP contribution in [0.2, 0.25) is 0 Å². The van der Waals surface area contributed by atoms with Gasteiger partial charge in [-0.1, -0.05) is 12.1 Å². The molecular formula is C9H10N2O5S. The molecule has 1 amide bonds. The molecule has 1 aromatic carbocycles. The van der Waals surface area contributed by atoms with E-state index >= 15 is 0 Å². The molecule has 0 aromatic heterocycles. The standard InChI is InChI=1S/C9H10N2O5S/c1-6-3-2-4-7(5-6)17(15,16)11-10-8(12)9(13)14/h2-5,11H,1H3,(H,10,12)(H,13,14). The number of sulfonamides is 1. The van der Waals surface area contributed by atoms with Crippen molar-refractivity contribution < 1.29 is 23.1 Å². The molecule has 0 aliphatic carbocycles. The molecule has 1 rings (SSSR count). The molecule has 0 aliphatic rings. The molecule has 0 fully saturated rings. The third-order valence-corrected chi connectivity index (χ3v) is 3.04. The van der Waals surface area contributed by atoms with Gasteiger partial charge in [0.05, 0.1) is 4.90 Å². The van der Waals surface area contributed by atoms with Crippen molar-refractivity contribution in [3.63, 3.8) is 0 Å². The number of carbonyl (C=O) groups excluding carboxylic acids is 1. The normalized spacial score (nSPS) is 10.9. The number of carboxylic acid groups (broad SMARTS) is 1. The highest BCUT2D eigenvalue weighted by Gasteiger charge is 2.17. The smallest absolute Gasteiger partial charge is 0.395 e. The van der Waals surface area contributed by atoms with Crippen molar-refractivity contribution in [2.75, 3.05) is 0 Å². The summed E-state index contributed by atoms with van der Waals surface area (Å²) in [5.74, 6) is -3.24. The van der Waals surface area contributed by atoms with Crippen molar-refractivity contribution in [3.05, 3.63) is 29.8 Å². The second-order valence-corrected chi connectivity index (χ2v) is 4.86. The van der Waals surface area contributed by atoms with E-state index in [1.165, 1.54) is 18.2 Å². The van der Waals surface area contributed by atoms with E-state index in [4.69, 9.17) is 5.11 Å². The van der Waals surface area contributed by atoms with E-state index < -0.39 is 21.9 Å². The minimum absolute atomic E-state index is 0.0665. The largest absolute Gasteiger partial charge is 0.474 e. The van der Waals surface area contributed by atoms with Crippen LogP contribution in [0.25, 0.3) is 0 Å². The Hall–Kier alpha value is -1.93. The topological polar surface area (TPSA) is 113 Å². The second kappa shape index (κ2) is 4.93. The molecule has 0 unspecified atom stereocenters. The lowest BCUT2D eigenvalue weighted by Gasteiger charge is -2.06. The van der Waals surface area contributed by atoms with E-state index in [0.717, 1.165) is 5.56 Å². The van der Waals surface area contributed by atoms with Crippen LogP contribution >= 0.6 is 0 Å². The number of aryl methyl sites for hydroxylation is 1. The van der Waals surface area contributed by atoms with Gasteiger partial charge in [0.15, 0.2) is 0 Å². The molecule has 0 bridgehead atoms. The van der Waals surface area contributed by atoms with Crippen molar-refractivity contribution >= 4 is 21.9 Å². The Morgan fingerprint density at radius 1 is 1.29 bits per heavy atom. The third kappa shape index (κ3) is 3.54. The zero-order valence-corrected chi connectivity index (χ0v) is 9.61. The summed E-state index contributed by atoms with van der Waals surface area (Å²) in [7, 11) is -3.96. The maximum atomic E-state index is 11.6. The maximum Gasteiger partial charge on any atom is 0.395 e. The number of carboxylic acids is 1. The Balaban J connectivity index is 2.83. The molecule has 0 saturated carbocycles. The average molecular weight is 258 g/mol. The number of benzene rings is 1. The van der Waals surface area contributed by atoms with Crippen LogP contribution in [0.15, 0.2) is 29.2 Å². The Morgan fingerprint density at radius 3 is 2.47 bits per heavy atom. The van der Waals surface area contributed by atoms with Crippen molar-refractivity contribution in [3.8, 4) is 0 Å². The van der Waals surface area contributed by atoms with Crippen LogP contribution in [0.4, 0.5) is 0 Å². The van der Waals surface area contributed by atoms with Gasteiger partial charge in [0.1, 0.15) is 0 Å². The zero-order valence-electron chi connectivity index (χ0n) is 8.80. The summed E-state index contributed by atoms with van der Waals surface area (Å²) in [4.78, 5) is 22.4. The lowest BCUT2D eigenvalue weighted by Crippen LogP contribution is -2.44. The van der Waals surface area contributed by atoms with Crippen molar-refractivity contribution in [2.24, 2.45) is 0 Å². The van der Waals surface area contributed by atoms with Gasteiger partial charge >= 0.3 is 11.9 Å². The Labute approximate surface area is 97.5 Å². The van der Waals surface area contributed by atoms with Crippen molar-refractivity contribution in [1.82, 2.24) is 10.3 Å². The summed E-state index contributed by atoms with van der Waals surface area (Å²) < 4.78 is 23.2. The first kappa shape index (κ1) is 13.1. The van der Waals surface area contributed by atoms with E-state index in [-0.39, 0.29) is 4.90 Å². The summed E-state index contributed by atoms with van der Waals surface area (Å²) in [6.45, 7) is 1.70. The molecule has 0 heterocycles. The number of rotatable bonds is 3. The first-order valence-corrected chi connectivity index (χ1v) is 5.93. The molecule has 0 aliphatic heterocycles. The molecule has 1 aromatic rings. The number of aliphatic carboxylic acids is 1. The fourth-order valence-corrected chi connectivity index (χ4v) is 1.95. The summed E-state index contributed by atoms with van der Waals surface area (Å²) in [6, 6.07) is 5.94. The van der Waals surface area contributed by atoms with Gasteiger partial charge in [0.25, 0.3) is 10.0 Å². The Kier molecular flexibility index (Phi) is 3.81. The predicted octanol–water partition coefficient (Wildman–Crippen LogP) is -0.611. The van der Waals surface area contributed by atoms with Gasteiger partial charge in [-0.3, -0.25) is 10.2 Å². The van der Waals surface area contributed by atoms with E-state index in [0.29, 0.717) is 0 Å². The van der Waals surface area contributed by atoms with Crippen LogP contribution in [-0.4, -0.2) is 25.4 Å². The Morgan fingerprint density at radius 2 is 1.94 bits per heavy atom. The molecule has 0 saturated heterocycles. The van der Waals surface area contributed by atoms with Crippen molar-refractivity contribution in [2.45, 2.75) is 11.8 Å². The van der Waals surface area contributed by atoms with E-state index in [2.05, 4.69) is 0 Å².